The summed E-state index contributed by atoms with van der Waals surface area (Å²) in [5.74, 6) is -0.0428. The third-order valence-corrected chi connectivity index (χ3v) is 6.66. The largest absolute Gasteiger partial charge is 0.289 e. The monoisotopic (exact) mass is 412 g/mol. The lowest BCUT2D eigenvalue weighted by molar-refractivity contribution is -0.125. The van der Waals surface area contributed by atoms with E-state index in [1.807, 2.05) is 24.3 Å². The summed E-state index contributed by atoms with van der Waals surface area (Å²) in [6.07, 6.45) is 0. The maximum absolute atomic E-state index is 12.7. The van der Waals surface area contributed by atoms with Crippen LogP contribution in [-0.4, -0.2) is 30.2 Å². The summed E-state index contributed by atoms with van der Waals surface area (Å²) in [4.78, 5) is 24.7. The van der Waals surface area contributed by atoms with E-state index in [1.54, 1.807) is 42.5 Å². The van der Waals surface area contributed by atoms with Crippen LogP contribution in [-0.2, 0) is 21.4 Å². The van der Waals surface area contributed by atoms with Gasteiger partial charge >= 0.3 is 0 Å². The van der Waals surface area contributed by atoms with Crippen LogP contribution in [0.1, 0.15) is 5.56 Å². The molecule has 0 aliphatic carbocycles. The number of carbonyl (C=O) groups excluding carboxylic acids is 2. The van der Waals surface area contributed by atoms with Crippen molar-refractivity contribution in [1.29, 1.82) is 0 Å². The Bertz CT molecular complexity index is 1160. The first-order valence-electron chi connectivity index (χ1n) is 8.50. The molecular weight excluding hydrogens is 396 g/mol. The van der Waals surface area contributed by atoms with Crippen LogP contribution in [0.3, 0.4) is 0 Å². The van der Waals surface area contributed by atoms with E-state index in [-0.39, 0.29) is 28.3 Å². The number of carbonyl (C=O) groups is 2. The number of thioether (sulfide) groups is 1. The molecule has 0 radical (unpaired) electrons. The minimum absolute atomic E-state index is 0.169. The van der Waals surface area contributed by atoms with Gasteiger partial charge in [-0.25, -0.2) is 8.42 Å². The zero-order chi connectivity index (χ0) is 19.7. The van der Waals surface area contributed by atoms with Crippen molar-refractivity contribution in [2.45, 2.75) is 11.4 Å². The first-order valence-corrected chi connectivity index (χ1v) is 11.0. The number of rotatable bonds is 5. The Kier molecular flexibility index (Phi) is 4.82. The standard InChI is InChI=1S/C20H16N2O4S2/c23-19-13-27-20(24)22(19)12-14-5-8-17(9-6-14)21-28(25,26)18-10-7-15-3-1-2-4-16(15)11-18/h1-11,21H,12-13H2. The van der Waals surface area contributed by atoms with Gasteiger partial charge in [-0.2, -0.15) is 0 Å². The number of anilines is 1. The van der Waals surface area contributed by atoms with Crippen LogP contribution >= 0.6 is 11.8 Å². The van der Waals surface area contributed by atoms with Gasteiger partial charge in [0, 0.05) is 5.69 Å². The summed E-state index contributed by atoms with van der Waals surface area (Å²) in [6.45, 7) is 0.183. The number of imide groups is 1. The summed E-state index contributed by atoms with van der Waals surface area (Å²) in [6, 6.07) is 19.2. The Morgan fingerprint density at radius 2 is 1.64 bits per heavy atom. The number of sulfonamides is 1. The van der Waals surface area contributed by atoms with E-state index in [2.05, 4.69) is 4.72 Å². The Morgan fingerprint density at radius 1 is 0.929 bits per heavy atom. The molecule has 1 aliphatic heterocycles. The molecule has 0 atom stereocenters. The quantitative estimate of drug-likeness (QED) is 0.688. The molecule has 2 amide bonds. The van der Waals surface area contributed by atoms with Crippen LogP contribution in [0.15, 0.2) is 71.6 Å². The lowest BCUT2D eigenvalue weighted by Crippen LogP contribution is -2.27. The van der Waals surface area contributed by atoms with Gasteiger partial charge in [-0.15, -0.1) is 0 Å². The van der Waals surface area contributed by atoms with E-state index in [0.29, 0.717) is 5.69 Å². The van der Waals surface area contributed by atoms with Gasteiger partial charge in [-0.1, -0.05) is 54.2 Å². The number of nitrogens with one attached hydrogen (secondary N) is 1. The number of hydrogen-bond donors (Lipinski definition) is 1. The average molecular weight is 412 g/mol. The van der Waals surface area contributed by atoms with Gasteiger partial charge in [-0.3, -0.25) is 19.2 Å². The smallest absolute Gasteiger partial charge is 0.280 e. The average Bonchev–Trinajstić information content (AvgIpc) is 3.01. The van der Waals surface area contributed by atoms with Crippen molar-refractivity contribution >= 4 is 49.4 Å². The van der Waals surface area contributed by atoms with Crippen LogP contribution in [0.4, 0.5) is 10.5 Å². The lowest BCUT2D eigenvalue weighted by atomic mass is 10.1. The minimum atomic E-state index is -3.73. The number of amides is 2. The van der Waals surface area contributed by atoms with Gasteiger partial charge in [0.1, 0.15) is 0 Å². The highest BCUT2D eigenvalue weighted by atomic mass is 32.2. The minimum Gasteiger partial charge on any atom is -0.280 e. The van der Waals surface area contributed by atoms with Crippen LogP contribution in [0.25, 0.3) is 10.8 Å². The van der Waals surface area contributed by atoms with Gasteiger partial charge in [0.25, 0.3) is 15.3 Å². The Hall–Kier alpha value is -2.84. The van der Waals surface area contributed by atoms with E-state index in [9.17, 15) is 18.0 Å². The number of fused-ring (bicyclic) bond motifs is 1. The number of nitrogens with zero attached hydrogens (tertiary/aromatic N) is 1. The fourth-order valence-electron chi connectivity index (χ4n) is 2.94. The molecule has 0 unspecified atom stereocenters. The summed E-state index contributed by atoms with van der Waals surface area (Å²) in [7, 11) is -3.73. The fraction of sp³-hybridized carbons (Fsp3) is 0.100. The zero-order valence-electron chi connectivity index (χ0n) is 14.7. The molecule has 1 N–H and O–H groups in total. The molecule has 1 saturated heterocycles. The van der Waals surface area contributed by atoms with Crippen molar-refractivity contribution in [2.75, 3.05) is 10.5 Å². The first kappa shape index (κ1) is 18.5. The third kappa shape index (κ3) is 3.74. The van der Waals surface area contributed by atoms with Crippen molar-refractivity contribution < 1.29 is 18.0 Å². The number of benzene rings is 3. The van der Waals surface area contributed by atoms with Crippen LogP contribution in [0.5, 0.6) is 0 Å². The normalized spacial score (nSPS) is 14.6. The van der Waals surface area contributed by atoms with Crippen molar-refractivity contribution in [3.63, 3.8) is 0 Å². The van der Waals surface area contributed by atoms with E-state index >= 15 is 0 Å². The molecule has 6 nitrogen and oxygen atoms in total. The highest BCUT2D eigenvalue weighted by Gasteiger charge is 2.29. The molecule has 8 heteroatoms. The molecule has 3 aromatic carbocycles. The van der Waals surface area contributed by atoms with E-state index < -0.39 is 10.0 Å². The summed E-state index contributed by atoms with van der Waals surface area (Å²) in [5.41, 5.74) is 1.16. The molecule has 1 aliphatic rings. The van der Waals surface area contributed by atoms with Gasteiger partial charge in [0.05, 0.1) is 17.2 Å². The van der Waals surface area contributed by atoms with Crippen molar-refractivity contribution in [2.24, 2.45) is 0 Å². The highest BCUT2D eigenvalue weighted by molar-refractivity contribution is 8.14. The van der Waals surface area contributed by atoms with Gasteiger partial charge in [-0.05, 0) is 40.6 Å². The summed E-state index contributed by atoms with van der Waals surface area (Å²) < 4.78 is 27.9. The summed E-state index contributed by atoms with van der Waals surface area (Å²) >= 11 is 0.988. The van der Waals surface area contributed by atoms with Crippen molar-refractivity contribution in [1.82, 2.24) is 4.90 Å². The second kappa shape index (κ2) is 7.29. The zero-order valence-corrected chi connectivity index (χ0v) is 16.3. The molecule has 142 valence electrons. The molecule has 4 rings (SSSR count). The molecule has 28 heavy (non-hydrogen) atoms. The number of hydrogen-bond acceptors (Lipinski definition) is 5. The van der Waals surface area contributed by atoms with Crippen LogP contribution in [0, 0.1) is 0 Å². The van der Waals surface area contributed by atoms with E-state index in [4.69, 9.17) is 0 Å². The highest BCUT2D eigenvalue weighted by Crippen LogP contribution is 2.24. The molecule has 0 saturated carbocycles. The maximum atomic E-state index is 12.7. The molecular formula is C20H16N2O4S2. The van der Waals surface area contributed by atoms with Gasteiger partial charge in [0.15, 0.2) is 0 Å². The van der Waals surface area contributed by atoms with Gasteiger partial charge < -0.3 is 0 Å². The predicted molar refractivity (Wildman–Crippen MR) is 110 cm³/mol. The van der Waals surface area contributed by atoms with E-state index in [0.717, 1.165) is 28.1 Å². The third-order valence-electron chi connectivity index (χ3n) is 4.42. The second-order valence-electron chi connectivity index (χ2n) is 6.35. The molecule has 1 fully saturated rings. The predicted octanol–water partition coefficient (Wildman–Crippen LogP) is 3.84. The van der Waals surface area contributed by atoms with E-state index in [1.165, 1.54) is 4.90 Å². The second-order valence-corrected chi connectivity index (χ2v) is 8.95. The maximum Gasteiger partial charge on any atom is 0.289 e. The molecule has 0 aromatic heterocycles. The molecule has 1 heterocycles. The molecule has 0 spiro atoms. The van der Waals surface area contributed by atoms with Gasteiger partial charge in [0.2, 0.25) is 5.91 Å². The molecule has 0 bridgehead atoms. The Balaban J connectivity index is 1.51. The van der Waals surface area contributed by atoms with Crippen molar-refractivity contribution in [3.8, 4) is 0 Å². The Labute approximate surface area is 166 Å². The SMILES string of the molecule is O=C1CSC(=O)N1Cc1ccc(NS(=O)(=O)c2ccc3ccccc3c2)cc1. The van der Waals surface area contributed by atoms with Crippen LogP contribution in [0.2, 0.25) is 0 Å². The van der Waals surface area contributed by atoms with Crippen LogP contribution < -0.4 is 4.72 Å². The first-order chi connectivity index (χ1) is 13.4. The summed E-state index contributed by atoms with van der Waals surface area (Å²) in [5, 5.41) is 1.56. The molecule has 3 aromatic rings. The Morgan fingerprint density at radius 3 is 2.32 bits per heavy atom. The topological polar surface area (TPSA) is 83.6 Å². The van der Waals surface area contributed by atoms with Crippen molar-refractivity contribution in [3.05, 3.63) is 72.3 Å². The fourth-order valence-corrected chi connectivity index (χ4v) is 4.76. The lowest BCUT2D eigenvalue weighted by Gasteiger charge is -2.13.